The smallest absolute Gasteiger partial charge is 0.249 e. The molecular weight excluding hydrogens is 314 g/mol. The number of benzene rings is 2. The van der Waals surface area contributed by atoms with Crippen LogP contribution in [-0.4, -0.2) is 24.9 Å². The molecule has 0 saturated carbocycles. The normalized spacial score (nSPS) is 12.2. The highest BCUT2D eigenvalue weighted by Gasteiger charge is 2.25. The molecular formula is C19H17N5O. The van der Waals surface area contributed by atoms with Crippen molar-refractivity contribution in [3.8, 4) is 23.4 Å². The van der Waals surface area contributed by atoms with E-state index in [0.29, 0.717) is 29.8 Å². The number of hydrogen-bond donors (Lipinski definition) is 1. The van der Waals surface area contributed by atoms with Gasteiger partial charge in [-0.25, -0.2) is 0 Å². The van der Waals surface area contributed by atoms with Crippen molar-refractivity contribution in [1.29, 1.82) is 10.5 Å². The van der Waals surface area contributed by atoms with Gasteiger partial charge in [-0.3, -0.25) is 4.79 Å². The molecule has 0 atom stereocenters. The number of carbonyl (C=O) groups excluding carboxylic acids is 1. The second-order valence-corrected chi connectivity index (χ2v) is 6.22. The Balaban J connectivity index is 2.27. The molecule has 124 valence electrons. The molecule has 0 bridgehead atoms. The van der Waals surface area contributed by atoms with Crippen LogP contribution in [0.15, 0.2) is 30.3 Å². The van der Waals surface area contributed by atoms with Crippen molar-refractivity contribution in [2.45, 2.75) is 13.1 Å². The molecule has 0 aromatic heterocycles. The summed E-state index contributed by atoms with van der Waals surface area (Å²) in [5.41, 5.74) is 10.9. The molecule has 2 N–H and O–H groups in total. The zero-order chi connectivity index (χ0) is 18.1. The van der Waals surface area contributed by atoms with Crippen molar-refractivity contribution in [3.63, 3.8) is 0 Å². The summed E-state index contributed by atoms with van der Waals surface area (Å²) in [6.07, 6.45) is 2.18. The van der Waals surface area contributed by atoms with Gasteiger partial charge in [0, 0.05) is 25.3 Å². The molecule has 0 fully saturated rings. The fourth-order valence-electron chi connectivity index (χ4n) is 3.12. The van der Waals surface area contributed by atoms with Gasteiger partial charge in [0.2, 0.25) is 5.91 Å². The number of carbonyl (C=O) groups is 1. The van der Waals surface area contributed by atoms with Gasteiger partial charge in [-0.2, -0.15) is 10.5 Å². The summed E-state index contributed by atoms with van der Waals surface area (Å²) >= 11 is 0. The van der Waals surface area contributed by atoms with Crippen molar-refractivity contribution in [1.82, 2.24) is 4.90 Å². The second kappa shape index (κ2) is 6.18. The van der Waals surface area contributed by atoms with Gasteiger partial charge in [0.15, 0.2) is 6.19 Å². The molecule has 1 heterocycles. The third kappa shape index (κ3) is 2.86. The number of fused-ring (bicyclic) bond motifs is 1. The van der Waals surface area contributed by atoms with Gasteiger partial charge in [-0.15, -0.1) is 0 Å². The van der Waals surface area contributed by atoms with Crippen LogP contribution in [0.3, 0.4) is 0 Å². The summed E-state index contributed by atoms with van der Waals surface area (Å²) in [5, 5.41) is 18.3. The first-order valence-electron chi connectivity index (χ1n) is 7.76. The van der Waals surface area contributed by atoms with E-state index in [1.54, 1.807) is 17.0 Å². The van der Waals surface area contributed by atoms with Gasteiger partial charge in [0.1, 0.15) is 0 Å². The number of nitriles is 2. The first-order valence-corrected chi connectivity index (χ1v) is 7.76. The summed E-state index contributed by atoms with van der Waals surface area (Å²) < 4.78 is 0. The molecule has 2 aromatic rings. The van der Waals surface area contributed by atoms with Crippen molar-refractivity contribution in [2.75, 3.05) is 19.0 Å². The van der Waals surface area contributed by atoms with Crippen molar-refractivity contribution in [3.05, 3.63) is 52.6 Å². The standard InChI is InChI=1S/C19H17N5O/c1-23(2)14-6-13-9-24(11-21)10-18(13)16(7-14)15-4-3-12(8-20)5-17(15)19(22)25/h3-7H,9-10H2,1-2H3,(H2,22,25). The van der Waals surface area contributed by atoms with Gasteiger partial charge >= 0.3 is 0 Å². The number of anilines is 1. The summed E-state index contributed by atoms with van der Waals surface area (Å²) in [5.74, 6) is -0.578. The van der Waals surface area contributed by atoms with E-state index >= 15 is 0 Å². The van der Waals surface area contributed by atoms with Crippen LogP contribution in [0.25, 0.3) is 11.1 Å². The van der Waals surface area contributed by atoms with Crippen LogP contribution < -0.4 is 10.6 Å². The SMILES string of the molecule is CN(C)c1cc2c(c(-c3ccc(C#N)cc3C(N)=O)c1)CN(C#N)C2. The highest BCUT2D eigenvalue weighted by molar-refractivity contribution is 6.01. The van der Waals surface area contributed by atoms with E-state index in [9.17, 15) is 10.1 Å². The number of hydrogen-bond acceptors (Lipinski definition) is 5. The Kier molecular flexibility index (Phi) is 4.04. The predicted molar refractivity (Wildman–Crippen MR) is 94.3 cm³/mol. The Bertz CT molecular complexity index is 950. The molecule has 6 heteroatoms. The van der Waals surface area contributed by atoms with Gasteiger partial charge in [0.25, 0.3) is 0 Å². The Morgan fingerprint density at radius 1 is 1.16 bits per heavy atom. The van der Waals surface area contributed by atoms with Crippen LogP contribution in [-0.2, 0) is 13.1 Å². The number of nitrogens with two attached hydrogens (primary N) is 1. The van der Waals surface area contributed by atoms with Crippen LogP contribution >= 0.6 is 0 Å². The highest BCUT2D eigenvalue weighted by Crippen LogP contribution is 2.37. The molecule has 3 rings (SSSR count). The Labute approximate surface area is 146 Å². The molecule has 0 unspecified atom stereocenters. The maximum atomic E-state index is 11.9. The lowest BCUT2D eigenvalue weighted by Crippen LogP contribution is -2.14. The van der Waals surface area contributed by atoms with Crippen LogP contribution in [0, 0.1) is 22.8 Å². The fourth-order valence-corrected chi connectivity index (χ4v) is 3.12. The summed E-state index contributed by atoms with van der Waals surface area (Å²) in [6, 6.07) is 11.0. The number of amides is 1. The zero-order valence-electron chi connectivity index (χ0n) is 14.1. The van der Waals surface area contributed by atoms with E-state index in [2.05, 4.69) is 12.3 Å². The maximum absolute atomic E-state index is 11.9. The molecule has 1 aliphatic rings. The molecule has 25 heavy (non-hydrogen) atoms. The Hall–Kier alpha value is -3.51. The minimum Gasteiger partial charge on any atom is -0.378 e. The average Bonchev–Trinajstić information content (AvgIpc) is 3.03. The molecule has 0 aliphatic carbocycles. The van der Waals surface area contributed by atoms with E-state index < -0.39 is 5.91 Å². The van der Waals surface area contributed by atoms with Crippen LogP contribution in [0.4, 0.5) is 5.69 Å². The maximum Gasteiger partial charge on any atom is 0.249 e. The molecule has 0 saturated heterocycles. The molecule has 2 aromatic carbocycles. The third-order valence-corrected chi connectivity index (χ3v) is 4.40. The van der Waals surface area contributed by atoms with Gasteiger partial charge in [-0.1, -0.05) is 6.07 Å². The zero-order valence-corrected chi connectivity index (χ0v) is 14.1. The van der Waals surface area contributed by atoms with Gasteiger partial charge < -0.3 is 15.5 Å². The summed E-state index contributed by atoms with van der Waals surface area (Å²) in [7, 11) is 3.88. The second-order valence-electron chi connectivity index (χ2n) is 6.22. The topological polar surface area (TPSA) is 97.2 Å². The number of rotatable bonds is 3. The van der Waals surface area contributed by atoms with E-state index in [1.165, 1.54) is 6.07 Å². The fraction of sp³-hybridized carbons (Fsp3) is 0.211. The molecule has 0 radical (unpaired) electrons. The lowest BCUT2D eigenvalue weighted by atomic mass is 9.91. The van der Waals surface area contributed by atoms with Crippen LogP contribution in [0.1, 0.15) is 27.0 Å². The van der Waals surface area contributed by atoms with Crippen molar-refractivity contribution < 1.29 is 4.79 Å². The monoisotopic (exact) mass is 331 g/mol. The number of nitrogens with zero attached hydrogens (tertiary/aromatic N) is 4. The highest BCUT2D eigenvalue weighted by atomic mass is 16.1. The minimum absolute atomic E-state index is 0.313. The van der Waals surface area contributed by atoms with E-state index in [4.69, 9.17) is 11.0 Å². The van der Waals surface area contributed by atoms with Crippen molar-refractivity contribution in [2.24, 2.45) is 5.73 Å². The first-order chi connectivity index (χ1) is 11.9. The molecule has 0 spiro atoms. The summed E-state index contributed by atoms with van der Waals surface area (Å²) in [6.45, 7) is 1.04. The predicted octanol–water partition coefficient (Wildman–Crippen LogP) is 2.19. The average molecular weight is 331 g/mol. The molecule has 1 aliphatic heterocycles. The largest absolute Gasteiger partial charge is 0.378 e. The molecule has 6 nitrogen and oxygen atoms in total. The lowest BCUT2D eigenvalue weighted by Gasteiger charge is -2.18. The quantitative estimate of drug-likeness (QED) is 0.870. The van der Waals surface area contributed by atoms with Crippen LogP contribution in [0.2, 0.25) is 0 Å². The minimum atomic E-state index is -0.578. The first kappa shape index (κ1) is 16.4. The van der Waals surface area contributed by atoms with E-state index in [0.717, 1.165) is 22.4 Å². The van der Waals surface area contributed by atoms with Gasteiger partial charge in [-0.05, 0) is 46.5 Å². The number of primary amides is 1. The Morgan fingerprint density at radius 3 is 2.52 bits per heavy atom. The summed E-state index contributed by atoms with van der Waals surface area (Å²) in [4.78, 5) is 15.6. The lowest BCUT2D eigenvalue weighted by molar-refractivity contribution is 0.100. The van der Waals surface area contributed by atoms with Crippen LogP contribution in [0.5, 0.6) is 0 Å². The van der Waals surface area contributed by atoms with Crippen molar-refractivity contribution >= 4 is 11.6 Å². The van der Waals surface area contributed by atoms with E-state index in [-0.39, 0.29) is 0 Å². The third-order valence-electron chi connectivity index (χ3n) is 4.40. The molecule has 1 amide bonds. The van der Waals surface area contributed by atoms with Gasteiger partial charge in [0.05, 0.1) is 24.7 Å². The van der Waals surface area contributed by atoms with E-state index in [1.807, 2.05) is 31.1 Å². The Morgan fingerprint density at radius 2 is 1.92 bits per heavy atom.